The van der Waals surface area contributed by atoms with E-state index >= 15 is 0 Å². The molecule has 2 heterocycles. The monoisotopic (exact) mass is 263 g/mol. The highest BCUT2D eigenvalue weighted by atomic mass is 32.1. The van der Waals surface area contributed by atoms with E-state index in [1.807, 2.05) is 12.3 Å². The third kappa shape index (κ3) is 3.01. The quantitative estimate of drug-likeness (QED) is 0.866. The molecule has 18 heavy (non-hydrogen) atoms. The lowest BCUT2D eigenvalue weighted by atomic mass is 10.4. The minimum absolute atomic E-state index is 0.259. The zero-order valence-corrected chi connectivity index (χ0v) is 10.9. The van der Waals surface area contributed by atoms with Gasteiger partial charge in [0.2, 0.25) is 0 Å². The Morgan fingerprint density at radius 3 is 2.89 bits per heavy atom. The largest absolute Gasteiger partial charge is 0.372 e. The van der Waals surface area contributed by atoms with Gasteiger partial charge in [0.05, 0.1) is 29.6 Å². The van der Waals surface area contributed by atoms with Crippen LogP contribution in [0.25, 0.3) is 0 Å². The van der Waals surface area contributed by atoms with Gasteiger partial charge in [0.15, 0.2) is 0 Å². The topological polar surface area (TPSA) is 79.8 Å². The highest BCUT2D eigenvalue weighted by Gasteiger charge is 2.09. The van der Waals surface area contributed by atoms with Crippen molar-refractivity contribution < 1.29 is 4.79 Å². The van der Waals surface area contributed by atoms with Crippen LogP contribution in [0, 0.1) is 6.92 Å². The van der Waals surface area contributed by atoms with E-state index in [1.165, 1.54) is 6.20 Å². The van der Waals surface area contributed by atoms with Crippen molar-refractivity contribution in [1.82, 2.24) is 20.3 Å². The lowest BCUT2D eigenvalue weighted by Gasteiger charge is -2.04. The molecule has 0 spiro atoms. The van der Waals surface area contributed by atoms with Crippen LogP contribution in [0.3, 0.4) is 0 Å². The SMILES string of the molecule is CNc1cncc(C(=O)NCc2csc(C)n2)n1. The molecule has 6 nitrogen and oxygen atoms in total. The first-order chi connectivity index (χ1) is 8.69. The van der Waals surface area contributed by atoms with Crippen molar-refractivity contribution in [3.8, 4) is 0 Å². The summed E-state index contributed by atoms with van der Waals surface area (Å²) in [6.45, 7) is 2.33. The second kappa shape index (κ2) is 5.54. The summed E-state index contributed by atoms with van der Waals surface area (Å²) in [6.07, 6.45) is 2.99. The van der Waals surface area contributed by atoms with Gasteiger partial charge in [0.25, 0.3) is 5.91 Å². The fourth-order valence-electron chi connectivity index (χ4n) is 1.35. The van der Waals surface area contributed by atoms with E-state index in [9.17, 15) is 4.79 Å². The number of hydrogen-bond donors (Lipinski definition) is 2. The number of thiazole rings is 1. The van der Waals surface area contributed by atoms with Crippen molar-refractivity contribution in [3.63, 3.8) is 0 Å². The maximum Gasteiger partial charge on any atom is 0.271 e. The molecule has 7 heteroatoms. The molecule has 0 aliphatic heterocycles. The second-order valence-corrected chi connectivity index (χ2v) is 4.64. The minimum Gasteiger partial charge on any atom is -0.372 e. The molecule has 2 rings (SSSR count). The molecule has 0 bridgehead atoms. The molecule has 0 unspecified atom stereocenters. The fourth-order valence-corrected chi connectivity index (χ4v) is 1.96. The Morgan fingerprint density at radius 1 is 1.39 bits per heavy atom. The number of nitrogens with zero attached hydrogens (tertiary/aromatic N) is 3. The number of carbonyl (C=O) groups excluding carboxylic acids is 1. The van der Waals surface area contributed by atoms with Crippen LogP contribution in [0.4, 0.5) is 5.82 Å². The zero-order chi connectivity index (χ0) is 13.0. The molecule has 0 aliphatic rings. The summed E-state index contributed by atoms with van der Waals surface area (Å²) in [5, 5.41) is 8.49. The summed E-state index contributed by atoms with van der Waals surface area (Å²) in [4.78, 5) is 24.1. The van der Waals surface area contributed by atoms with Crippen LogP contribution in [-0.2, 0) is 6.54 Å². The van der Waals surface area contributed by atoms with Gasteiger partial charge in [-0.25, -0.2) is 9.97 Å². The van der Waals surface area contributed by atoms with Crippen LogP contribution in [0.5, 0.6) is 0 Å². The van der Waals surface area contributed by atoms with Gasteiger partial charge in [-0.1, -0.05) is 0 Å². The first-order valence-corrected chi connectivity index (χ1v) is 6.26. The van der Waals surface area contributed by atoms with E-state index in [2.05, 4.69) is 25.6 Å². The van der Waals surface area contributed by atoms with E-state index in [1.54, 1.807) is 24.6 Å². The van der Waals surface area contributed by atoms with Gasteiger partial charge < -0.3 is 10.6 Å². The predicted octanol–water partition coefficient (Wildman–Crippen LogP) is 1.21. The molecule has 2 aromatic heterocycles. The molecule has 0 aromatic carbocycles. The van der Waals surface area contributed by atoms with Crippen molar-refractivity contribution in [2.24, 2.45) is 0 Å². The average molecular weight is 263 g/mol. The lowest BCUT2D eigenvalue weighted by molar-refractivity contribution is 0.0945. The highest BCUT2D eigenvalue weighted by molar-refractivity contribution is 7.09. The smallest absolute Gasteiger partial charge is 0.271 e. The highest BCUT2D eigenvalue weighted by Crippen LogP contribution is 2.07. The van der Waals surface area contributed by atoms with Gasteiger partial charge in [0, 0.05) is 12.4 Å². The van der Waals surface area contributed by atoms with Gasteiger partial charge >= 0.3 is 0 Å². The maximum absolute atomic E-state index is 11.8. The minimum atomic E-state index is -0.259. The predicted molar refractivity (Wildman–Crippen MR) is 69.6 cm³/mol. The Morgan fingerprint density at radius 2 is 2.22 bits per heavy atom. The summed E-state index contributed by atoms with van der Waals surface area (Å²) in [7, 11) is 1.73. The summed E-state index contributed by atoms with van der Waals surface area (Å²) in [5.41, 5.74) is 1.14. The molecular formula is C11H13N5OS. The average Bonchev–Trinajstić information content (AvgIpc) is 2.82. The number of hydrogen-bond acceptors (Lipinski definition) is 6. The molecule has 0 saturated heterocycles. The number of rotatable bonds is 4. The van der Waals surface area contributed by atoms with Crippen LogP contribution in [0.1, 0.15) is 21.2 Å². The van der Waals surface area contributed by atoms with E-state index in [0.29, 0.717) is 12.4 Å². The summed E-state index contributed by atoms with van der Waals surface area (Å²) in [5.74, 6) is 0.303. The molecule has 0 atom stereocenters. The zero-order valence-electron chi connectivity index (χ0n) is 10.1. The molecule has 2 aromatic rings. The molecular weight excluding hydrogens is 250 g/mol. The van der Waals surface area contributed by atoms with Crippen LogP contribution < -0.4 is 10.6 Å². The van der Waals surface area contributed by atoms with Crippen molar-refractivity contribution in [2.75, 3.05) is 12.4 Å². The van der Waals surface area contributed by atoms with Crippen LogP contribution in [0.15, 0.2) is 17.8 Å². The van der Waals surface area contributed by atoms with Crippen LogP contribution in [0.2, 0.25) is 0 Å². The maximum atomic E-state index is 11.8. The lowest BCUT2D eigenvalue weighted by Crippen LogP contribution is -2.24. The molecule has 0 aliphatic carbocycles. The van der Waals surface area contributed by atoms with Gasteiger partial charge in [-0.15, -0.1) is 11.3 Å². The molecule has 2 N–H and O–H groups in total. The van der Waals surface area contributed by atoms with Gasteiger partial charge in [-0.3, -0.25) is 9.78 Å². The van der Waals surface area contributed by atoms with E-state index in [4.69, 9.17) is 0 Å². The third-order valence-electron chi connectivity index (χ3n) is 2.22. The molecule has 1 amide bonds. The second-order valence-electron chi connectivity index (χ2n) is 3.58. The van der Waals surface area contributed by atoms with E-state index in [-0.39, 0.29) is 11.6 Å². The van der Waals surface area contributed by atoms with Crippen molar-refractivity contribution >= 4 is 23.1 Å². The number of anilines is 1. The third-order valence-corrected chi connectivity index (χ3v) is 3.04. The summed E-state index contributed by atoms with van der Waals surface area (Å²) in [6, 6.07) is 0. The van der Waals surface area contributed by atoms with Crippen LogP contribution >= 0.6 is 11.3 Å². The van der Waals surface area contributed by atoms with E-state index in [0.717, 1.165) is 10.7 Å². The number of aromatic nitrogens is 3. The molecule has 0 saturated carbocycles. The van der Waals surface area contributed by atoms with Gasteiger partial charge in [-0.05, 0) is 6.92 Å². The standard InChI is InChI=1S/C11H13N5OS/c1-7-15-8(6-18-7)3-14-11(17)9-4-13-5-10(12-2)16-9/h4-6H,3H2,1-2H3,(H,12,16)(H,14,17). The molecule has 94 valence electrons. The summed E-state index contributed by atoms with van der Waals surface area (Å²) >= 11 is 1.56. The Hall–Kier alpha value is -2.02. The fraction of sp³-hybridized carbons (Fsp3) is 0.273. The van der Waals surface area contributed by atoms with Crippen molar-refractivity contribution in [1.29, 1.82) is 0 Å². The Labute approximate surface area is 109 Å². The first kappa shape index (κ1) is 12.4. The Balaban J connectivity index is 1.99. The summed E-state index contributed by atoms with van der Waals surface area (Å²) < 4.78 is 0. The van der Waals surface area contributed by atoms with Gasteiger partial charge in [0.1, 0.15) is 11.5 Å². The van der Waals surface area contributed by atoms with Crippen LogP contribution in [-0.4, -0.2) is 27.9 Å². The molecule has 0 radical (unpaired) electrons. The first-order valence-electron chi connectivity index (χ1n) is 5.38. The Kier molecular flexibility index (Phi) is 3.83. The van der Waals surface area contributed by atoms with Crippen molar-refractivity contribution in [3.05, 3.63) is 34.2 Å². The number of nitrogens with one attached hydrogen (secondary N) is 2. The molecule has 0 fully saturated rings. The number of carbonyl (C=O) groups is 1. The van der Waals surface area contributed by atoms with Gasteiger partial charge in [-0.2, -0.15) is 0 Å². The number of amides is 1. The number of aryl methyl sites for hydroxylation is 1. The normalized spacial score (nSPS) is 10.1. The van der Waals surface area contributed by atoms with Crippen molar-refractivity contribution in [2.45, 2.75) is 13.5 Å². The van der Waals surface area contributed by atoms with E-state index < -0.39 is 0 Å². The Bertz CT molecular complexity index is 554.